The fourth-order valence-corrected chi connectivity index (χ4v) is 4.61. The molecule has 1 saturated heterocycles. The summed E-state index contributed by atoms with van der Waals surface area (Å²) in [6.07, 6.45) is 9.52. The molecule has 0 bridgehead atoms. The highest BCUT2D eigenvalue weighted by atomic mass is 35.5. The standard InChI is InChI=1S/C26H21ClN6O2/c1-2-24(34)32-11-3-4-19(16-32)33-26-21(14-30-15-22(26)27)25(31-33)17-5-7-20(8-6-17)35-23-9-10-29-13-18(23)12-28/h2,5-10,13-15,19H,1,3-4,11,16H2/t19-/m1/s1. The summed E-state index contributed by atoms with van der Waals surface area (Å²) < 4.78 is 7.80. The van der Waals surface area contributed by atoms with Gasteiger partial charge in [-0.15, -0.1) is 0 Å². The zero-order valence-corrected chi connectivity index (χ0v) is 19.5. The molecule has 1 atom stereocenters. The van der Waals surface area contributed by atoms with Crippen LogP contribution in [0.2, 0.25) is 5.02 Å². The molecule has 174 valence electrons. The van der Waals surface area contributed by atoms with E-state index in [2.05, 4.69) is 22.6 Å². The average molecular weight is 485 g/mol. The number of ether oxygens (including phenoxy) is 1. The number of hydrogen-bond donors (Lipinski definition) is 0. The molecule has 5 rings (SSSR count). The molecule has 1 amide bonds. The van der Waals surface area contributed by atoms with Crippen molar-refractivity contribution in [2.75, 3.05) is 13.1 Å². The number of aromatic nitrogens is 4. The molecule has 4 aromatic rings. The lowest BCUT2D eigenvalue weighted by Gasteiger charge is -2.32. The first-order valence-electron chi connectivity index (χ1n) is 11.1. The predicted molar refractivity (Wildman–Crippen MR) is 132 cm³/mol. The summed E-state index contributed by atoms with van der Waals surface area (Å²) in [6, 6.07) is 11.2. The van der Waals surface area contributed by atoms with Gasteiger partial charge < -0.3 is 9.64 Å². The van der Waals surface area contributed by atoms with E-state index in [0.29, 0.717) is 35.2 Å². The third-order valence-corrected chi connectivity index (χ3v) is 6.33. The second-order valence-electron chi connectivity index (χ2n) is 8.21. The van der Waals surface area contributed by atoms with Crippen molar-refractivity contribution in [3.05, 3.63) is 78.4 Å². The number of hydrogen-bond acceptors (Lipinski definition) is 6. The van der Waals surface area contributed by atoms with Gasteiger partial charge in [-0.3, -0.25) is 19.4 Å². The van der Waals surface area contributed by atoms with Gasteiger partial charge in [0.1, 0.15) is 28.8 Å². The zero-order valence-electron chi connectivity index (χ0n) is 18.8. The summed E-state index contributed by atoms with van der Waals surface area (Å²) in [5, 5.41) is 15.5. The Kier molecular flexibility index (Phi) is 6.17. The molecule has 4 heterocycles. The van der Waals surface area contributed by atoms with Gasteiger partial charge >= 0.3 is 0 Å². The van der Waals surface area contributed by atoms with Gasteiger partial charge in [0.15, 0.2) is 0 Å². The molecule has 35 heavy (non-hydrogen) atoms. The fourth-order valence-electron chi connectivity index (χ4n) is 4.37. The van der Waals surface area contributed by atoms with Gasteiger partial charge in [-0.25, -0.2) is 0 Å². The smallest absolute Gasteiger partial charge is 0.246 e. The van der Waals surface area contributed by atoms with Crippen LogP contribution in [0.15, 0.2) is 67.8 Å². The molecule has 1 aromatic carbocycles. The number of nitrogens with zero attached hydrogens (tertiary/aromatic N) is 6. The number of benzene rings is 1. The Balaban J connectivity index is 1.49. The summed E-state index contributed by atoms with van der Waals surface area (Å²) in [7, 11) is 0. The summed E-state index contributed by atoms with van der Waals surface area (Å²) in [5.41, 5.74) is 2.77. The number of rotatable bonds is 5. The SMILES string of the molecule is C=CC(=O)N1CCC[C@@H](n2nc(-c3ccc(Oc4ccncc4C#N)cc3)c3cncc(Cl)c32)C1. The van der Waals surface area contributed by atoms with Gasteiger partial charge in [0.2, 0.25) is 5.91 Å². The number of nitriles is 1. The number of piperidine rings is 1. The van der Waals surface area contributed by atoms with Crippen molar-refractivity contribution in [2.24, 2.45) is 0 Å². The van der Waals surface area contributed by atoms with Gasteiger partial charge in [-0.05, 0) is 43.2 Å². The molecule has 0 unspecified atom stereocenters. The lowest BCUT2D eigenvalue weighted by atomic mass is 10.1. The van der Waals surface area contributed by atoms with Gasteiger partial charge in [0.05, 0.1) is 16.6 Å². The zero-order chi connectivity index (χ0) is 24.4. The molecule has 1 aliphatic rings. The minimum Gasteiger partial charge on any atom is -0.456 e. The van der Waals surface area contributed by atoms with E-state index in [4.69, 9.17) is 21.4 Å². The topological polar surface area (TPSA) is 96.9 Å². The molecular weight excluding hydrogens is 464 g/mol. The Morgan fingerprint density at radius 2 is 2.03 bits per heavy atom. The van der Waals surface area contributed by atoms with Gasteiger partial charge in [-0.2, -0.15) is 10.4 Å². The molecule has 0 saturated carbocycles. The van der Waals surface area contributed by atoms with E-state index in [1.54, 1.807) is 29.6 Å². The molecule has 0 radical (unpaired) electrons. The van der Waals surface area contributed by atoms with Crippen molar-refractivity contribution in [1.82, 2.24) is 24.6 Å². The van der Waals surface area contributed by atoms with E-state index in [9.17, 15) is 10.1 Å². The number of pyridine rings is 2. The first-order chi connectivity index (χ1) is 17.1. The maximum atomic E-state index is 12.2. The maximum Gasteiger partial charge on any atom is 0.246 e. The van der Waals surface area contributed by atoms with Crippen molar-refractivity contribution in [2.45, 2.75) is 18.9 Å². The molecule has 0 spiro atoms. The van der Waals surface area contributed by atoms with Crippen LogP contribution >= 0.6 is 11.6 Å². The van der Waals surface area contributed by atoms with Crippen LogP contribution in [0.5, 0.6) is 11.5 Å². The molecule has 8 nitrogen and oxygen atoms in total. The quantitative estimate of drug-likeness (QED) is 0.363. The molecule has 1 fully saturated rings. The normalized spacial score (nSPS) is 15.5. The number of amides is 1. The lowest BCUT2D eigenvalue weighted by Crippen LogP contribution is -2.40. The Morgan fingerprint density at radius 1 is 1.20 bits per heavy atom. The van der Waals surface area contributed by atoms with Crippen LogP contribution in [0, 0.1) is 11.3 Å². The van der Waals surface area contributed by atoms with Crippen molar-refractivity contribution in [3.63, 3.8) is 0 Å². The summed E-state index contributed by atoms with van der Waals surface area (Å²) >= 11 is 6.58. The van der Waals surface area contributed by atoms with Crippen LogP contribution in [-0.2, 0) is 4.79 Å². The maximum absolute atomic E-state index is 12.2. The van der Waals surface area contributed by atoms with Gasteiger partial charge in [0, 0.05) is 54.9 Å². The highest BCUT2D eigenvalue weighted by Crippen LogP contribution is 2.36. The van der Waals surface area contributed by atoms with E-state index < -0.39 is 0 Å². The van der Waals surface area contributed by atoms with E-state index in [-0.39, 0.29) is 11.9 Å². The highest BCUT2D eigenvalue weighted by molar-refractivity contribution is 6.35. The van der Waals surface area contributed by atoms with Crippen LogP contribution in [0.1, 0.15) is 24.4 Å². The van der Waals surface area contributed by atoms with Gasteiger partial charge in [0.25, 0.3) is 0 Å². The van der Waals surface area contributed by atoms with Crippen LogP contribution < -0.4 is 4.74 Å². The predicted octanol–water partition coefficient (Wildman–Crippen LogP) is 5.16. The third kappa shape index (κ3) is 4.34. The average Bonchev–Trinajstić information content (AvgIpc) is 3.30. The van der Waals surface area contributed by atoms with E-state index in [0.717, 1.165) is 35.0 Å². The van der Waals surface area contributed by atoms with Crippen molar-refractivity contribution in [1.29, 1.82) is 5.26 Å². The Morgan fingerprint density at radius 3 is 2.80 bits per heavy atom. The molecule has 9 heteroatoms. The Labute approximate surface area is 207 Å². The van der Waals surface area contributed by atoms with E-state index in [1.165, 1.54) is 12.3 Å². The van der Waals surface area contributed by atoms with Gasteiger partial charge in [-0.1, -0.05) is 18.2 Å². The minimum atomic E-state index is -0.0801. The van der Waals surface area contributed by atoms with Crippen LogP contribution in [0.3, 0.4) is 0 Å². The number of halogens is 1. The monoisotopic (exact) mass is 484 g/mol. The lowest BCUT2D eigenvalue weighted by molar-refractivity contribution is -0.127. The first-order valence-corrected chi connectivity index (χ1v) is 11.5. The first kappa shape index (κ1) is 22.6. The number of carbonyl (C=O) groups excluding carboxylic acids is 1. The van der Waals surface area contributed by atoms with E-state index in [1.807, 2.05) is 28.9 Å². The second-order valence-corrected chi connectivity index (χ2v) is 8.61. The van der Waals surface area contributed by atoms with Crippen LogP contribution in [0.25, 0.3) is 22.2 Å². The molecule has 0 N–H and O–H groups in total. The number of likely N-dealkylation sites (tertiary alicyclic amines) is 1. The third-order valence-electron chi connectivity index (χ3n) is 6.05. The summed E-state index contributed by atoms with van der Waals surface area (Å²) in [5.74, 6) is 0.947. The Bertz CT molecular complexity index is 1460. The minimum absolute atomic E-state index is 0.0116. The molecular formula is C26H21ClN6O2. The largest absolute Gasteiger partial charge is 0.456 e. The van der Waals surface area contributed by atoms with Crippen LogP contribution in [-0.4, -0.2) is 43.6 Å². The number of carbonyl (C=O) groups is 1. The van der Waals surface area contributed by atoms with Crippen molar-refractivity contribution >= 4 is 28.4 Å². The van der Waals surface area contributed by atoms with Crippen LogP contribution in [0.4, 0.5) is 0 Å². The summed E-state index contributed by atoms with van der Waals surface area (Å²) in [4.78, 5) is 22.2. The number of fused-ring (bicyclic) bond motifs is 1. The highest BCUT2D eigenvalue weighted by Gasteiger charge is 2.27. The Hall–Kier alpha value is -4.22. The second kappa shape index (κ2) is 9.57. The van der Waals surface area contributed by atoms with Crippen molar-refractivity contribution in [3.8, 4) is 28.8 Å². The molecule has 1 aliphatic heterocycles. The molecule has 0 aliphatic carbocycles. The fraction of sp³-hybridized carbons (Fsp3) is 0.192. The summed E-state index contributed by atoms with van der Waals surface area (Å²) in [6.45, 7) is 4.86. The van der Waals surface area contributed by atoms with Crippen molar-refractivity contribution < 1.29 is 9.53 Å². The molecule has 3 aromatic heterocycles. The van der Waals surface area contributed by atoms with E-state index >= 15 is 0 Å².